The number of nitrogens with one attached hydrogen (secondary N) is 2. The Balaban J connectivity index is 2.11. The van der Waals surface area contributed by atoms with Gasteiger partial charge < -0.3 is 35.2 Å². The molecule has 3 unspecified atom stereocenters. The van der Waals surface area contributed by atoms with Crippen molar-refractivity contribution in [1.82, 2.24) is 15.5 Å². The molecule has 3 atom stereocenters. The number of carbonyl (C=O) groups excluding carboxylic acids is 2. The highest BCUT2D eigenvalue weighted by atomic mass is 16.6. The van der Waals surface area contributed by atoms with Crippen LogP contribution in [0, 0.1) is 0 Å². The number of aliphatic hydroxyl groups is 2. The maximum absolute atomic E-state index is 13.3. The molecular weight excluding hydrogens is 378 g/mol. The van der Waals surface area contributed by atoms with E-state index in [-0.39, 0.29) is 11.9 Å². The number of hydrogen-bond donors (Lipinski definition) is 4. The molecule has 1 heterocycles. The highest BCUT2D eigenvalue weighted by molar-refractivity contribution is 5.91. The van der Waals surface area contributed by atoms with Crippen molar-refractivity contribution < 1.29 is 29.3 Å². The molecule has 0 spiro atoms. The Morgan fingerprint density at radius 3 is 2.41 bits per heavy atom. The number of morpholine rings is 1. The zero-order valence-electron chi connectivity index (χ0n) is 17.7. The van der Waals surface area contributed by atoms with Crippen molar-refractivity contribution >= 4 is 11.9 Å². The molecule has 2 rings (SSSR count). The fourth-order valence-corrected chi connectivity index (χ4v) is 4.01. The van der Waals surface area contributed by atoms with Crippen molar-refractivity contribution in [2.45, 2.75) is 82.3 Å². The predicted molar refractivity (Wildman–Crippen MR) is 107 cm³/mol. The van der Waals surface area contributed by atoms with Crippen LogP contribution < -0.4 is 10.6 Å². The van der Waals surface area contributed by atoms with Crippen LogP contribution in [0.25, 0.3) is 0 Å². The second-order valence-corrected chi connectivity index (χ2v) is 8.01. The van der Waals surface area contributed by atoms with E-state index in [1.165, 1.54) is 7.11 Å². The van der Waals surface area contributed by atoms with Crippen LogP contribution in [0.1, 0.15) is 58.3 Å². The second kappa shape index (κ2) is 11.7. The summed E-state index contributed by atoms with van der Waals surface area (Å²) in [5, 5.41) is 26.2. The number of amides is 3. The lowest BCUT2D eigenvalue weighted by Crippen LogP contribution is -2.65. The number of nitrogens with zero attached hydrogens (tertiary/aromatic N) is 1. The molecular formula is C20H37N3O6. The minimum Gasteiger partial charge on any atom is -0.386 e. The first-order chi connectivity index (χ1) is 13.9. The third kappa shape index (κ3) is 6.53. The molecule has 1 aliphatic heterocycles. The summed E-state index contributed by atoms with van der Waals surface area (Å²) in [5.41, 5.74) is -1.00. The van der Waals surface area contributed by atoms with Gasteiger partial charge in [-0.2, -0.15) is 0 Å². The summed E-state index contributed by atoms with van der Waals surface area (Å²) in [6.07, 6.45) is 3.38. The van der Waals surface area contributed by atoms with E-state index in [1.54, 1.807) is 4.90 Å². The van der Waals surface area contributed by atoms with E-state index in [4.69, 9.17) is 9.47 Å². The Kier molecular flexibility index (Phi) is 9.61. The highest BCUT2D eigenvalue weighted by Crippen LogP contribution is 2.29. The molecule has 9 nitrogen and oxygen atoms in total. The van der Waals surface area contributed by atoms with Crippen molar-refractivity contribution in [3.05, 3.63) is 0 Å². The molecule has 4 N–H and O–H groups in total. The first kappa shape index (κ1) is 23.9. The van der Waals surface area contributed by atoms with Crippen molar-refractivity contribution in [2.75, 3.05) is 33.4 Å². The van der Waals surface area contributed by atoms with Gasteiger partial charge >= 0.3 is 6.03 Å². The molecule has 29 heavy (non-hydrogen) atoms. The lowest BCUT2D eigenvalue weighted by molar-refractivity contribution is -0.157. The molecule has 1 aliphatic carbocycles. The average Bonchev–Trinajstić information content (AvgIpc) is 2.76. The van der Waals surface area contributed by atoms with Gasteiger partial charge in [0.15, 0.2) is 6.29 Å². The zero-order chi connectivity index (χ0) is 21.3. The van der Waals surface area contributed by atoms with Crippen molar-refractivity contribution in [2.24, 2.45) is 0 Å². The Hall–Kier alpha value is -1.42. The molecule has 0 aromatic rings. The summed E-state index contributed by atoms with van der Waals surface area (Å²) in [6, 6.07) is -0.913. The van der Waals surface area contributed by atoms with E-state index < -0.39 is 24.0 Å². The molecule has 0 aromatic carbocycles. The molecule has 3 amide bonds. The SMILES string of the molecule is CCCCC(NC(=O)C1(NC(=O)N2CCOCC2)CCCCC1)C(O)C(O)OC. The van der Waals surface area contributed by atoms with Gasteiger partial charge in [0.1, 0.15) is 11.6 Å². The van der Waals surface area contributed by atoms with Gasteiger partial charge in [0.25, 0.3) is 0 Å². The number of rotatable bonds is 9. The number of aliphatic hydroxyl groups excluding tert-OH is 2. The van der Waals surface area contributed by atoms with Gasteiger partial charge in [-0.05, 0) is 19.3 Å². The summed E-state index contributed by atoms with van der Waals surface area (Å²) in [5.74, 6) is -0.303. The van der Waals surface area contributed by atoms with Crippen molar-refractivity contribution in [3.8, 4) is 0 Å². The summed E-state index contributed by atoms with van der Waals surface area (Å²) in [7, 11) is 1.30. The maximum Gasteiger partial charge on any atom is 0.318 e. The number of carbonyl (C=O) groups is 2. The van der Waals surface area contributed by atoms with Crippen LogP contribution in [0.4, 0.5) is 4.79 Å². The van der Waals surface area contributed by atoms with E-state index in [0.29, 0.717) is 45.6 Å². The van der Waals surface area contributed by atoms with Crippen LogP contribution in [-0.4, -0.2) is 84.4 Å². The minimum absolute atomic E-state index is 0.257. The number of hydrogen-bond acceptors (Lipinski definition) is 6. The quantitative estimate of drug-likeness (QED) is 0.412. The van der Waals surface area contributed by atoms with Crippen molar-refractivity contribution in [1.29, 1.82) is 0 Å². The van der Waals surface area contributed by atoms with Crippen LogP contribution in [0.2, 0.25) is 0 Å². The number of unbranched alkanes of at least 4 members (excludes halogenated alkanes) is 1. The average molecular weight is 416 g/mol. The smallest absolute Gasteiger partial charge is 0.318 e. The Bertz CT molecular complexity index is 520. The first-order valence-electron chi connectivity index (χ1n) is 10.8. The molecule has 2 aliphatic rings. The van der Waals surface area contributed by atoms with Crippen LogP contribution in [0.3, 0.4) is 0 Å². The molecule has 0 aromatic heterocycles. The number of ether oxygens (including phenoxy) is 2. The lowest BCUT2D eigenvalue weighted by Gasteiger charge is -2.40. The van der Waals surface area contributed by atoms with E-state index in [2.05, 4.69) is 10.6 Å². The topological polar surface area (TPSA) is 120 Å². The fourth-order valence-electron chi connectivity index (χ4n) is 4.01. The first-order valence-corrected chi connectivity index (χ1v) is 10.8. The van der Waals surface area contributed by atoms with Gasteiger partial charge in [-0.15, -0.1) is 0 Å². The van der Waals surface area contributed by atoms with Gasteiger partial charge in [-0.25, -0.2) is 4.79 Å². The summed E-state index contributed by atoms with van der Waals surface area (Å²) in [6.45, 7) is 4.01. The van der Waals surface area contributed by atoms with Crippen LogP contribution in [0.15, 0.2) is 0 Å². The fraction of sp³-hybridized carbons (Fsp3) is 0.900. The highest BCUT2D eigenvalue weighted by Gasteiger charge is 2.43. The zero-order valence-corrected chi connectivity index (χ0v) is 17.7. The van der Waals surface area contributed by atoms with E-state index in [1.807, 2.05) is 6.92 Å². The van der Waals surface area contributed by atoms with E-state index >= 15 is 0 Å². The van der Waals surface area contributed by atoms with E-state index in [9.17, 15) is 19.8 Å². The second-order valence-electron chi connectivity index (χ2n) is 8.01. The van der Waals surface area contributed by atoms with E-state index in [0.717, 1.165) is 32.1 Å². The molecule has 1 saturated heterocycles. The van der Waals surface area contributed by atoms with Gasteiger partial charge in [-0.3, -0.25) is 4.79 Å². The Morgan fingerprint density at radius 2 is 1.83 bits per heavy atom. The number of urea groups is 1. The monoisotopic (exact) mass is 415 g/mol. The molecule has 168 valence electrons. The van der Waals surface area contributed by atoms with Crippen LogP contribution >= 0.6 is 0 Å². The predicted octanol–water partition coefficient (Wildman–Crippen LogP) is 0.732. The van der Waals surface area contributed by atoms with Crippen LogP contribution in [0.5, 0.6) is 0 Å². The minimum atomic E-state index is -1.39. The molecule has 9 heteroatoms. The third-order valence-corrected chi connectivity index (χ3v) is 5.92. The standard InChI is InChI=1S/C20H37N3O6/c1-3-4-8-15(16(24)17(25)28-2)21-18(26)20(9-6-5-7-10-20)22-19(27)23-11-13-29-14-12-23/h15-17,24-25H,3-14H2,1-2H3,(H,21,26)(H,22,27). The van der Waals surface area contributed by atoms with Crippen LogP contribution in [-0.2, 0) is 14.3 Å². The normalized spacial score (nSPS) is 22.4. The lowest BCUT2D eigenvalue weighted by atomic mass is 9.80. The van der Waals surface area contributed by atoms with Crippen molar-refractivity contribution in [3.63, 3.8) is 0 Å². The summed E-state index contributed by atoms with van der Waals surface area (Å²) >= 11 is 0. The molecule has 0 radical (unpaired) electrons. The Labute approximate surface area is 173 Å². The summed E-state index contributed by atoms with van der Waals surface area (Å²) in [4.78, 5) is 27.8. The van der Waals surface area contributed by atoms with Gasteiger partial charge in [0.05, 0.1) is 19.3 Å². The molecule has 0 bridgehead atoms. The molecule has 2 fully saturated rings. The molecule has 1 saturated carbocycles. The van der Waals surface area contributed by atoms with Gasteiger partial charge in [0.2, 0.25) is 5.91 Å². The summed E-state index contributed by atoms with van der Waals surface area (Å²) < 4.78 is 10.1. The van der Waals surface area contributed by atoms with Gasteiger partial charge in [0, 0.05) is 20.2 Å². The largest absolute Gasteiger partial charge is 0.386 e. The Morgan fingerprint density at radius 1 is 1.17 bits per heavy atom. The third-order valence-electron chi connectivity index (χ3n) is 5.92. The van der Waals surface area contributed by atoms with Gasteiger partial charge in [-0.1, -0.05) is 39.0 Å². The maximum atomic E-state index is 13.3. The number of methoxy groups -OCH3 is 1.